The summed E-state index contributed by atoms with van der Waals surface area (Å²) in [6.45, 7) is 1.02. The SMILES string of the molecule is COCCCN/C(SCc1c(F)cccc1Cl)=C(/C#N)C(N)=O. The molecule has 1 aromatic rings. The molecule has 1 rings (SSSR count). The minimum absolute atomic E-state index is 0.163. The summed E-state index contributed by atoms with van der Waals surface area (Å²) in [7, 11) is 1.58. The number of amides is 1. The topological polar surface area (TPSA) is 88.1 Å². The maximum absolute atomic E-state index is 13.8. The highest BCUT2D eigenvalue weighted by atomic mass is 35.5. The number of hydrogen-bond donors (Lipinski definition) is 2. The normalized spacial score (nSPS) is 11.6. The number of nitriles is 1. The fourth-order valence-corrected chi connectivity index (χ4v) is 3.05. The van der Waals surface area contributed by atoms with Crippen molar-refractivity contribution in [1.82, 2.24) is 5.32 Å². The van der Waals surface area contributed by atoms with Crippen molar-refractivity contribution in [2.45, 2.75) is 12.2 Å². The van der Waals surface area contributed by atoms with E-state index in [2.05, 4.69) is 5.32 Å². The summed E-state index contributed by atoms with van der Waals surface area (Å²) >= 11 is 7.07. The third-order valence-corrected chi connectivity index (χ3v) is 4.24. The Hall–Kier alpha value is -1.75. The smallest absolute Gasteiger partial charge is 0.262 e. The van der Waals surface area contributed by atoms with Crippen molar-refractivity contribution in [3.05, 3.63) is 45.2 Å². The van der Waals surface area contributed by atoms with Crippen LogP contribution in [0.4, 0.5) is 4.39 Å². The molecule has 0 unspecified atom stereocenters. The molecule has 0 fully saturated rings. The van der Waals surface area contributed by atoms with Gasteiger partial charge in [0, 0.05) is 36.6 Å². The van der Waals surface area contributed by atoms with Crippen molar-refractivity contribution in [2.75, 3.05) is 20.3 Å². The first-order chi connectivity index (χ1) is 11.0. The van der Waals surface area contributed by atoms with Crippen molar-refractivity contribution in [3.63, 3.8) is 0 Å². The highest BCUT2D eigenvalue weighted by Gasteiger charge is 2.15. The molecular formula is C15H17ClFN3O2S. The van der Waals surface area contributed by atoms with Gasteiger partial charge in [0.15, 0.2) is 0 Å². The zero-order valence-corrected chi connectivity index (χ0v) is 14.1. The van der Waals surface area contributed by atoms with Gasteiger partial charge in [-0.05, 0) is 18.6 Å². The Morgan fingerprint density at radius 3 is 2.87 bits per heavy atom. The van der Waals surface area contributed by atoms with E-state index >= 15 is 0 Å². The van der Waals surface area contributed by atoms with Crippen LogP contribution < -0.4 is 11.1 Å². The zero-order valence-electron chi connectivity index (χ0n) is 12.6. The highest BCUT2D eigenvalue weighted by molar-refractivity contribution is 8.02. The largest absolute Gasteiger partial charge is 0.385 e. The first-order valence-corrected chi connectivity index (χ1v) is 8.10. The molecule has 124 valence electrons. The second-order valence-corrected chi connectivity index (χ2v) is 5.83. The minimum Gasteiger partial charge on any atom is -0.385 e. The predicted molar refractivity (Wildman–Crippen MR) is 89.0 cm³/mol. The molecule has 5 nitrogen and oxygen atoms in total. The molecule has 1 aromatic carbocycles. The molecular weight excluding hydrogens is 341 g/mol. The number of carbonyl (C=O) groups excluding carboxylic acids is 1. The Labute approximate surface area is 143 Å². The van der Waals surface area contributed by atoms with Crippen LogP contribution in [-0.2, 0) is 15.3 Å². The van der Waals surface area contributed by atoms with Crippen LogP contribution in [0.15, 0.2) is 28.8 Å². The van der Waals surface area contributed by atoms with Gasteiger partial charge >= 0.3 is 0 Å². The van der Waals surface area contributed by atoms with E-state index in [4.69, 9.17) is 27.3 Å². The van der Waals surface area contributed by atoms with E-state index < -0.39 is 11.7 Å². The number of benzene rings is 1. The van der Waals surface area contributed by atoms with E-state index in [1.165, 1.54) is 12.1 Å². The Morgan fingerprint density at radius 2 is 2.30 bits per heavy atom. The van der Waals surface area contributed by atoms with E-state index in [1.807, 2.05) is 0 Å². The third-order valence-electron chi connectivity index (χ3n) is 2.82. The molecule has 0 saturated carbocycles. The Morgan fingerprint density at radius 1 is 1.57 bits per heavy atom. The summed E-state index contributed by atoms with van der Waals surface area (Å²) in [6.07, 6.45) is 0.679. The average molecular weight is 358 g/mol. The van der Waals surface area contributed by atoms with Gasteiger partial charge in [-0.1, -0.05) is 17.7 Å². The summed E-state index contributed by atoms with van der Waals surface area (Å²) in [4.78, 5) is 11.4. The summed E-state index contributed by atoms with van der Waals surface area (Å²) in [6, 6.07) is 6.16. The van der Waals surface area contributed by atoms with Crippen LogP contribution in [0.25, 0.3) is 0 Å². The van der Waals surface area contributed by atoms with E-state index in [0.717, 1.165) is 11.8 Å². The highest BCUT2D eigenvalue weighted by Crippen LogP contribution is 2.28. The van der Waals surface area contributed by atoms with E-state index in [-0.39, 0.29) is 16.3 Å². The Balaban J connectivity index is 2.89. The second kappa shape index (κ2) is 10.1. The third kappa shape index (κ3) is 6.10. The van der Waals surface area contributed by atoms with Crippen LogP contribution in [0.5, 0.6) is 0 Å². The first kappa shape index (κ1) is 19.3. The molecule has 0 bridgehead atoms. The van der Waals surface area contributed by atoms with Gasteiger partial charge in [-0.25, -0.2) is 4.39 Å². The number of carbonyl (C=O) groups is 1. The maximum Gasteiger partial charge on any atom is 0.262 e. The number of primary amides is 1. The number of nitrogens with one attached hydrogen (secondary N) is 1. The van der Waals surface area contributed by atoms with Gasteiger partial charge in [0.1, 0.15) is 17.5 Å². The fraction of sp³-hybridized carbons (Fsp3) is 0.333. The van der Waals surface area contributed by atoms with Crippen LogP contribution in [0.2, 0.25) is 5.02 Å². The molecule has 0 saturated heterocycles. The molecule has 0 atom stereocenters. The second-order valence-electron chi connectivity index (χ2n) is 4.44. The molecule has 0 heterocycles. The Bertz CT molecular complexity index is 611. The number of ether oxygens (including phenoxy) is 1. The predicted octanol–water partition coefficient (Wildman–Crippen LogP) is 2.56. The summed E-state index contributed by atoms with van der Waals surface area (Å²) < 4.78 is 18.7. The zero-order chi connectivity index (χ0) is 17.2. The number of hydrogen-bond acceptors (Lipinski definition) is 5. The van der Waals surface area contributed by atoms with Crippen molar-refractivity contribution >= 4 is 29.3 Å². The van der Waals surface area contributed by atoms with Crippen molar-refractivity contribution in [2.24, 2.45) is 5.73 Å². The van der Waals surface area contributed by atoms with Crippen LogP contribution in [-0.4, -0.2) is 26.2 Å². The van der Waals surface area contributed by atoms with Gasteiger partial charge in [-0.15, -0.1) is 11.8 Å². The number of nitrogens with zero attached hydrogens (tertiary/aromatic N) is 1. The van der Waals surface area contributed by atoms with Crippen LogP contribution in [0.3, 0.4) is 0 Å². The number of rotatable bonds is 9. The van der Waals surface area contributed by atoms with E-state index in [9.17, 15) is 9.18 Å². The standard InChI is InChI=1S/C15H17ClFN3O2S/c1-22-7-3-6-20-15(10(8-18)14(19)21)23-9-11-12(16)4-2-5-13(11)17/h2,4-5,20H,3,6-7,9H2,1H3,(H2,19,21)/b15-10+. The molecule has 1 amide bonds. The lowest BCUT2D eigenvalue weighted by atomic mass is 10.2. The molecule has 23 heavy (non-hydrogen) atoms. The summed E-state index contributed by atoms with van der Waals surface area (Å²) in [5.74, 6) is -1.12. The van der Waals surface area contributed by atoms with Gasteiger partial charge in [0.25, 0.3) is 5.91 Å². The molecule has 0 aromatic heterocycles. The summed E-state index contributed by atoms with van der Waals surface area (Å²) in [5.41, 5.74) is 5.32. The van der Waals surface area contributed by atoms with Gasteiger partial charge < -0.3 is 15.8 Å². The van der Waals surface area contributed by atoms with Crippen molar-refractivity contribution in [3.8, 4) is 6.07 Å². The van der Waals surface area contributed by atoms with Crippen molar-refractivity contribution < 1.29 is 13.9 Å². The quantitative estimate of drug-likeness (QED) is 0.403. The van der Waals surface area contributed by atoms with Gasteiger partial charge in [0.05, 0.1) is 5.03 Å². The van der Waals surface area contributed by atoms with Crippen LogP contribution >= 0.6 is 23.4 Å². The molecule has 0 aliphatic rings. The molecule has 8 heteroatoms. The lowest BCUT2D eigenvalue weighted by molar-refractivity contribution is -0.114. The Kier molecular flexibility index (Phi) is 8.48. The lowest BCUT2D eigenvalue weighted by Gasteiger charge is -2.13. The molecule has 0 spiro atoms. The number of halogens is 2. The molecule has 0 aliphatic heterocycles. The lowest BCUT2D eigenvalue weighted by Crippen LogP contribution is -2.22. The van der Waals surface area contributed by atoms with Crippen molar-refractivity contribution in [1.29, 1.82) is 5.26 Å². The van der Waals surface area contributed by atoms with E-state index in [0.29, 0.717) is 30.2 Å². The molecule has 0 aliphatic carbocycles. The van der Waals surface area contributed by atoms with Gasteiger partial charge in [-0.3, -0.25) is 4.79 Å². The first-order valence-electron chi connectivity index (χ1n) is 6.74. The monoisotopic (exact) mass is 357 g/mol. The number of methoxy groups -OCH3 is 1. The maximum atomic E-state index is 13.8. The average Bonchev–Trinajstić information content (AvgIpc) is 2.50. The van der Waals surface area contributed by atoms with Crippen LogP contribution in [0, 0.1) is 17.1 Å². The van der Waals surface area contributed by atoms with E-state index in [1.54, 1.807) is 19.2 Å². The molecule has 0 radical (unpaired) electrons. The molecule has 3 N–H and O–H groups in total. The van der Waals surface area contributed by atoms with Gasteiger partial charge in [-0.2, -0.15) is 5.26 Å². The number of nitrogens with two attached hydrogens (primary N) is 1. The minimum atomic E-state index is -0.839. The fourth-order valence-electron chi connectivity index (χ4n) is 1.66. The number of thioether (sulfide) groups is 1. The van der Waals surface area contributed by atoms with Crippen LogP contribution in [0.1, 0.15) is 12.0 Å². The summed E-state index contributed by atoms with van der Waals surface area (Å²) in [5, 5.41) is 12.6. The van der Waals surface area contributed by atoms with Gasteiger partial charge in [0.2, 0.25) is 0 Å².